The first kappa shape index (κ1) is 16.3. The van der Waals surface area contributed by atoms with E-state index in [0.29, 0.717) is 29.2 Å². The molecule has 0 spiro atoms. The van der Waals surface area contributed by atoms with Gasteiger partial charge in [-0.15, -0.1) is 0 Å². The molecule has 24 heavy (non-hydrogen) atoms. The highest BCUT2D eigenvalue weighted by Gasteiger charge is 2.35. The van der Waals surface area contributed by atoms with Gasteiger partial charge in [0.15, 0.2) is 6.10 Å². The van der Waals surface area contributed by atoms with Crippen LogP contribution in [0, 0.1) is 11.7 Å². The van der Waals surface area contributed by atoms with Crippen LogP contribution in [0.15, 0.2) is 42.5 Å². The van der Waals surface area contributed by atoms with E-state index in [1.165, 1.54) is 6.07 Å². The lowest BCUT2D eigenvalue weighted by Crippen LogP contribution is -2.48. The Hall–Kier alpha value is -2.56. The van der Waals surface area contributed by atoms with E-state index in [2.05, 4.69) is 0 Å². The van der Waals surface area contributed by atoms with Crippen molar-refractivity contribution < 1.29 is 13.9 Å². The molecule has 0 aromatic heterocycles. The summed E-state index contributed by atoms with van der Waals surface area (Å²) < 4.78 is 19.8. The van der Waals surface area contributed by atoms with Gasteiger partial charge in [-0.2, -0.15) is 0 Å². The Kier molecular flexibility index (Phi) is 4.42. The summed E-state index contributed by atoms with van der Waals surface area (Å²) in [6.45, 7) is 4.65. The van der Waals surface area contributed by atoms with E-state index in [1.807, 2.05) is 13.8 Å². The van der Waals surface area contributed by atoms with Gasteiger partial charge in [-0.1, -0.05) is 32.0 Å². The van der Waals surface area contributed by atoms with E-state index in [1.54, 1.807) is 41.3 Å². The second-order valence-electron chi connectivity index (χ2n) is 6.47. The molecule has 2 aromatic rings. The Morgan fingerprint density at radius 2 is 2.00 bits per heavy atom. The zero-order chi connectivity index (χ0) is 17.3. The molecule has 0 fully saturated rings. The van der Waals surface area contributed by atoms with Gasteiger partial charge in [-0.3, -0.25) is 4.79 Å². The van der Waals surface area contributed by atoms with E-state index in [0.717, 1.165) is 0 Å². The van der Waals surface area contributed by atoms with E-state index >= 15 is 0 Å². The summed E-state index contributed by atoms with van der Waals surface area (Å²) in [5.74, 6) is 0.402. The van der Waals surface area contributed by atoms with Crippen LogP contribution in [0.1, 0.15) is 19.4 Å². The van der Waals surface area contributed by atoms with Gasteiger partial charge < -0.3 is 15.4 Å². The summed E-state index contributed by atoms with van der Waals surface area (Å²) in [6.07, 6.45) is -0.541. The number of carbonyl (C=O) groups is 1. The number of benzene rings is 2. The second-order valence-corrected chi connectivity index (χ2v) is 6.47. The zero-order valence-electron chi connectivity index (χ0n) is 13.8. The van der Waals surface area contributed by atoms with Crippen molar-refractivity contribution in [1.82, 2.24) is 0 Å². The number of rotatable bonds is 4. The van der Waals surface area contributed by atoms with Crippen LogP contribution in [0.2, 0.25) is 0 Å². The largest absolute Gasteiger partial charge is 0.478 e. The predicted octanol–water partition coefficient (Wildman–Crippen LogP) is 3.40. The quantitative estimate of drug-likeness (QED) is 0.875. The normalized spacial score (nSPS) is 16.9. The highest BCUT2D eigenvalue weighted by molar-refractivity contribution is 6.00. The smallest absolute Gasteiger partial charge is 0.268 e. The zero-order valence-corrected chi connectivity index (χ0v) is 13.8. The van der Waals surface area contributed by atoms with Crippen LogP contribution in [-0.2, 0) is 11.2 Å². The van der Waals surface area contributed by atoms with Gasteiger partial charge in [-0.05, 0) is 35.7 Å². The summed E-state index contributed by atoms with van der Waals surface area (Å²) in [7, 11) is 0. The third kappa shape index (κ3) is 3.20. The van der Waals surface area contributed by atoms with Gasteiger partial charge in [0.05, 0.1) is 5.69 Å². The van der Waals surface area contributed by atoms with Gasteiger partial charge in [0.1, 0.15) is 11.6 Å². The third-order valence-electron chi connectivity index (χ3n) is 4.00. The summed E-state index contributed by atoms with van der Waals surface area (Å²) >= 11 is 0. The molecule has 126 valence electrons. The Bertz CT molecular complexity index is 761. The van der Waals surface area contributed by atoms with Crippen LogP contribution < -0.4 is 15.4 Å². The molecule has 1 aliphatic rings. The van der Waals surface area contributed by atoms with Crippen molar-refractivity contribution in [2.24, 2.45) is 5.92 Å². The van der Waals surface area contributed by atoms with E-state index < -0.39 is 6.10 Å². The molecule has 3 rings (SSSR count). The lowest BCUT2D eigenvalue weighted by molar-refractivity contribution is -0.126. The van der Waals surface area contributed by atoms with Crippen molar-refractivity contribution in [3.05, 3.63) is 53.8 Å². The first-order valence-corrected chi connectivity index (χ1v) is 8.06. The monoisotopic (exact) mass is 328 g/mol. The van der Waals surface area contributed by atoms with E-state index in [9.17, 15) is 9.18 Å². The lowest BCUT2D eigenvalue weighted by Gasteiger charge is -2.35. The fourth-order valence-electron chi connectivity index (χ4n) is 2.89. The van der Waals surface area contributed by atoms with Crippen LogP contribution >= 0.6 is 0 Å². The van der Waals surface area contributed by atoms with Crippen molar-refractivity contribution >= 4 is 17.3 Å². The highest BCUT2D eigenvalue weighted by Crippen LogP contribution is 2.36. The molecule has 0 saturated heterocycles. The molecular weight excluding hydrogens is 307 g/mol. The number of fused-ring (bicyclic) bond motifs is 1. The third-order valence-corrected chi connectivity index (χ3v) is 4.00. The Labute approximate surface area is 141 Å². The predicted molar refractivity (Wildman–Crippen MR) is 92.6 cm³/mol. The van der Waals surface area contributed by atoms with Crippen molar-refractivity contribution in [1.29, 1.82) is 0 Å². The SMILES string of the molecule is CC(C)CN1C(=O)C(Cc2ccccc2F)Oc2ccc(N)cc21. The minimum atomic E-state index is -0.739. The van der Waals surface area contributed by atoms with Gasteiger partial charge in [0.2, 0.25) is 0 Å². The summed E-state index contributed by atoms with van der Waals surface area (Å²) in [5.41, 5.74) is 7.58. The number of anilines is 2. The second kappa shape index (κ2) is 6.51. The molecule has 4 nitrogen and oxygen atoms in total. The maximum Gasteiger partial charge on any atom is 0.268 e. The molecule has 0 radical (unpaired) electrons. The molecule has 1 heterocycles. The number of nitrogens with zero attached hydrogens (tertiary/aromatic N) is 1. The first-order valence-electron chi connectivity index (χ1n) is 8.06. The summed E-state index contributed by atoms with van der Waals surface area (Å²) in [5, 5.41) is 0. The van der Waals surface area contributed by atoms with Gasteiger partial charge in [0, 0.05) is 18.7 Å². The van der Waals surface area contributed by atoms with Crippen LogP contribution in [-0.4, -0.2) is 18.6 Å². The van der Waals surface area contributed by atoms with Crippen LogP contribution in [0.25, 0.3) is 0 Å². The summed E-state index contributed by atoms with van der Waals surface area (Å²) in [4.78, 5) is 14.6. The number of hydrogen-bond acceptors (Lipinski definition) is 3. The molecule has 0 bridgehead atoms. The number of halogens is 1. The maximum absolute atomic E-state index is 13.9. The molecule has 2 N–H and O–H groups in total. The van der Waals surface area contributed by atoms with E-state index in [-0.39, 0.29) is 24.1 Å². The number of ether oxygens (including phenoxy) is 1. The maximum atomic E-state index is 13.9. The number of amides is 1. The van der Waals surface area contributed by atoms with Gasteiger partial charge >= 0.3 is 0 Å². The minimum Gasteiger partial charge on any atom is -0.478 e. The molecule has 1 unspecified atom stereocenters. The van der Waals surface area contributed by atoms with Crippen molar-refractivity contribution in [3.8, 4) is 5.75 Å². The van der Waals surface area contributed by atoms with Crippen LogP contribution in [0.3, 0.4) is 0 Å². The Balaban J connectivity index is 1.94. The minimum absolute atomic E-state index is 0.162. The molecule has 5 heteroatoms. The van der Waals surface area contributed by atoms with E-state index in [4.69, 9.17) is 10.5 Å². The number of carbonyl (C=O) groups excluding carboxylic acids is 1. The molecule has 1 amide bonds. The highest BCUT2D eigenvalue weighted by atomic mass is 19.1. The fourth-order valence-corrected chi connectivity index (χ4v) is 2.89. The number of nitrogens with two attached hydrogens (primary N) is 1. The number of hydrogen-bond donors (Lipinski definition) is 1. The first-order chi connectivity index (χ1) is 11.5. The molecule has 0 aliphatic carbocycles. The topological polar surface area (TPSA) is 55.6 Å². The Morgan fingerprint density at radius 1 is 1.25 bits per heavy atom. The number of nitrogen functional groups attached to an aromatic ring is 1. The molecule has 1 aliphatic heterocycles. The molecule has 2 aromatic carbocycles. The average molecular weight is 328 g/mol. The molecule has 1 atom stereocenters. The van der Waals surface area contributed by atoms with Crippen LogP contribution in [0.4, 0.5) is 15.8 Å². The lowest BCUT2D eigenvalue weighted by atomic mass is 10.0. The molecule has 0 saturated carbocycles. The average Bonchev–Trinajstić information content (AvgIpc) is 2.53. The molecular formula is C19H21FN2O2. The Morgan fingerprint density at radius 3 is 2.71 bits per heavy atom. The summed E-state index contributed by atoms with van der Waals surface area (Å²) in [6, 6.07) is 11.7. The van der Waals surface area contributed by atoms with Crippen molar-refractivity contribution in [2.75, 3.05) is 17.2 Å². The van der Waals surface area contributed by atoms with Crippen molar-refractivity contribution in [3.63, 3.8) is 0 Å². The fraction of sp³-hybridized carbons (Fsp3) is 0.316. The van der Waals surface area contributed by atoms with Gasteiger partial charge in [-0.25, -0.2) is 4.39 Å². The van der Waals surface area contributed by atoms with Gasteiger partial charge in [0.25, 0.3) is 5.91 Å². The van der Waals surface area contributed by atoms with Crippen molar-refractivity contribution in [2.45, 2.75) is 26.4 Å². The standard InChI is InChI=1S/C19H21FN2O2/c1-12(2)11-22-16-10-14(21)7-8-17(16)24-18(19(22)23)9-13-5-3-4-6-15(13)20/h3-8,10,12,18H,9,11,21H2,1-2H3. The van der Waals surface area contributed by atoms with Crippen LogP contribution in [0.5, 0.6) is 5.75 Å².